The van der Waals surface area contributed by atoms with Gasteiger partial charge in [-0.15, -0.1) is 16.4 Å². The summed E-state index contributed by atoms with van der Waals surface area (Å²) in [5, 5.41) is 6.87. The van der Waals surface area contributed by atoms with Crippen molar-refractivity contribution < 1.29 is 0 Å². The summed E-state index contributed by atoms with van der Waals surface area (Å²) in [6.45, 7) is 1.50. The highest BCUT2D eigenvalue weighted by molar-refractivity contribution is 7.10. The molecule has 0 bridgehead atoms. The second kappa shape index (κ2) is 5.30. The van der Waals surface area contributed by atoms with Gasteiger partial charge in [0, 0.05) is 30.0 Å². The summed E-state index contributed by atoms with van der Waals surface area (Å²) >= 11 is 2.86. The van der Waals surface area contributed by atoms with Crippen LogP contribution in [0.2, 0.25) is 0 Å². The fourth-order valence-electron chi connectivity index (χ4n) is 1.33. The molecular weight excluding hydrogens is 244 g/mol. The molecule has 6 nitrogen and oxygen atoms in total. The van der Waals surface area contributed by atoms with Crippen molar-refractivity contribution in [1.82, 2.24) is 19.5 Å². The Morgan fingerprint density at radius 2 is 2.38 bits per heavy atom. The highest BCUT2D eigenvalue weighted by Crippen LogP contribution is 2.18. The van der Waals surface area contributed by atoms with E-state index in [0.29, 0.717) is 6.54 Å². The monoisotopic (exact) mass is 256 g/mol. The molecule has 0 aliphatic rings. The van der Waals surface area contributed by atoms with E-state index in [1.54, 1.807) is 11.3 Å². The molecule has 2 heterocycles. The molecule has 0 spiro atoms. The normalized spacial score (nSPS) is 10.9. The molecule has 0 aliphatic heterocycles. The third-order valence-electron chi connectivity index (χ3n) is 2.02. The molecule has 3 N–H and O–H groups in total. The molecule has 0 unspecified atom stereocenters. The van der Waals surface area contributed by atoms with Crippen molar-refractivity contribution in [2.45, 2.75) is 13.1 Å². The molecule has 2 rings (SSSR count). The molecular formula is C8H12N6S2. The third kappa shape index (κ3) is 2.73. The zero-order valence-corrected chi connectivity index (χ0v) is 10.4. The van der Waals surface area contributed by atoms with Gasteiger partial charge in [0.05, 0.1) is 11.2 Å². The van der Waals surface area contributed by atoms with Gasteiger partial charge in [0.25, 0.3) is 0 Å². The Labute approximate surface area is 101 Å². The molecule has 0 fully saturated rings. The number of aromatic nitrogens is 3. The number of thiazole rings is 1. The number of nitrogen functional groups attached to an aromatic ring is 1. The van der Waals surface area contributed by atoms with E-state index < -0.39 is 0 Å². The Bertz CT molecular complexity index is 425. The first-order valence-electron chi connectivity index (χ1n) is 4.63. The fourth-order valence-corrected chi connectivity index (χ4v) is 2.36. The van der Waals surface area contributed by atoms with Crippen LogP contribution in [0, 0.1) is 0 Å². The molecule has 0 aromatic carbocycles. The topological polar surface area (TPSA) is 80.0 Å². The predicted molar refractivity (Wildman–Crippen MR) is 65.0 cm³/mol. The first-order valence-corrected chi connectivity index (χ1v) is 6.34. The lowest BCUT2D eigenvalue weighted by molar-refractivity contribution is 0.312. The first kappa shape index (κ1) is 11.4. The highest BCUT2D eigenvalue weighted by Gasteiger charge is 2.10. The first-order chi connectivity index (χ1) is 7.79. The van der Waals surface area contributed by atoms with Crippen LogP contribution in [-0.4, -0.2) is 26.5 Å². The lowest BCUT2D eigenvalue weighted by atomic mass is 10.4. The van der Waals surface area contributed by atoms with Crippen molar-refractivity contribution in [2.24, 2.45) is 5.84 Å². The van der Waals surface area contributed by atoms with E-state index >= 15 is 0 Å². The Kier molecular flexibility index (Phi) is 3.78. The second-order valence-electron chi connectivity index (χ2n) is 3.35. The van der Waals surface area contributed by atoms with Gasteiger partial charge in [0.15, 0.2) is 0 Å². The summed E-state index contributed by atoms with van der Waals surface area (Å²) < 4.78 is 3.85. The van der Waals surface area contributed by atoms with Gasteiger partial charge in [0.2, 0.25) is 0 Å². The summed E-state index contributed by atoms with van der Waals surface area (Å²) in [6.07, 6.45) is 0. The average Bonchev–Trinajstić information content (AvgIpc) is 2.88. The minimum absolute atomic E-state index is 0.702. The maximum Gasteiger partial charge on any atom is 0.148 e. The van der Waals surface area contributed by atoms with Gasteiger partial charge in [-0.25, -0.2) is 10.8 Å². The van der Waals surface area contributed by atoms with Crippen molar-refractivity contribution in [3.8, 4) is 0 Å². The standard InChI is InChI=1S/C8H12N6S2/c1-14(2-6-4-15-5-10-6)3-7-8(11-9)16-13-12-7/h4-5,11H,2-3,9H2,1H3. The molecule has 8 heteroatoms. The molecule has 2 aromatic heterocycles. The van der Waals surface area contributed by atoms with Crippen LogP contribution >= 0.6 is 22.9 Å². The number of rotatable bonds is 5. The van der Waals surface area contributed by atoms with Crippen LogP contribution in [0.5, 0.6) is 0 Å². The van der Waals surface area contributed by atoms with Gasteiger partial charge in [-0.05, 0) is 7.05 Å². The van der Waals surface area contributed by atoms with E-state index in [1.165, 1.54) is 11.5 Å². The van der Waals surface area contributed by atoms with Crippen molar-refractivity contribution >= 4 is 27.9 Å². The maximum atomic E-state index is 5.36. The number of nitrogens with one attached hydrogen (secondary N) is 1. The van der Waals surface area contributed by atoms with Crippen LogP contribution in [0.4, 0.5) is 5.00 Å². The van der Waals surface area contributed by atoms with E-state index in [-0.39, 0.29) is 0 Å². The fraction of sp³-hybridized carbons (Fsp3) is 0.375. The second-order valence-corrected chi connectivity index (χ2v) is 4.82. The number of nitrogens with zero attached hydrogens (tertiary/aromatic N) is 4. The minimum Gasteiger partial charge on any atom is -0.313 e. The van der Waals surface area contributed by atoms with Crippen LogP contribution in [0.1, 0.15) is 11.4 Å². The van der Waals surface area contributed by atoms with Crippen LogP contribution in [-0.2, 0) is 13.1 Å². The van der Waals surface area contributed by atoms with E-state index in [9.17, 15) is 0 Å². The molecule has 0 atom stereocenters. The zero-order valence-electron chi connectivity index (χ0n) is 8.75. The molecule has 0 amide bonds. The summed E-state index contributed by atoms with van der Waals surface area (Å²) in [5.41, 5.74) is 6.36. The molecule has 86 valence electrons. The van der Waals surface area contributed by atoms with Crippen molar-refractivity contribution in [3.63, 3.8) is 0 Å². The summed E-state index contributed by atoms with van der Waals surface area (Å²) in [4.78, 5) is 6.35. The lowest BCUT2D eigenvalue weighted by Gasteiger charge is -2.13. The van der Waals surface area contributed by atoms with Gasteiger partial charge in [-0.1, -0.05) is 4.49 Å². The van der Waals surface area contributed by atoms with Crippen LogP contribution in [0.3, 0.4) is 0 Å². The van der Waals surface area contributed by atoms with Crippen LogP contribution in [0.15, 0.2) is 10.9 Å². The lowest BCUT2D eigenvalue weighted by Crippen LogP contribution is -2.19. The van der Waals surface area contributed by atoms with Crippen LogP contribution < -0.4 is 11.3 Å². The Morgan fingerprint density at radius 3 is 3.06 bits per heavy atom. The smallest absolute Gasteiger partial charge is 0.148 e. The van der Waals surface area contributed by atoms with Gasteiger partial charge in [0.1, 0.15) is 10.7 Å². The molecule has 0 radical (unpaired) electrons. The van der Waals surface area contributed by atoms with Crippen molar-refractivity contribution in [3.05, 3.63) is 22.3 Å². The SMILES string of the molecule is CN(Cc1cscn1)Cc1nnsc1NN. The maximum absolute atomic E-state index is 5.36. The average molecular weight is 256 g/mol. The summed E-state index contributed by atoms with van der Waals surface area (Å²) in [7, 11) is 2.01. The number of nitrogens with two attached hydrogens (primary N) is 1. The Morgan fingerprint density at radius 1 is 1.50 bits per heavy atom. The zero-order chi connectivity index (χ0) is 11.4. The van der Waals surface area contributed by atoms with Crippen molar-refractivity contribution in [2.75, 3.05) is 12.5 Å². The minimum atomic E-state index is 0.702. The number of hydrogen-bond donors (Lipinski definition) is 2. The Balaban J connectivity index is 1.94. The molecule has 0 aliphatic carbocycles. The van der Waals surface area contributed by atoms with E-state index in [0.717, 1.165) is 22.9 Å². The molecule has 16 heavy (non-hydrogen) atoms. The van der Waals surface area contributed by atoms with Gasteiger partial charge < -0.3 is 5.43 Å². The quantitative estimate of drug-likeness (QED) is 0.611. The van der Waals surface area contributed by atoms with Gasteiger partial charge in [-0.2, -0.15) is 0 Å². The number of anilines is 1. The molecule has 0 saturated heterocycles. The van der Waals surface area contributed by atoms with Crippen LogP contribution in [0.25, 0.3) is 0 Å². The predicted octanol–water partition coefficient (Wildman–Crippen LogP) is 0.912. The van der Waals surface area contributed by atoms with E-state index in [1.807, 2.05) is 17.9 Å². The molecule has 2 aromatic rings. The molecule has 0 saturated carbocycles. The summed E-state index contributed by atoms with van der Waals surface area (Å²) in [5.74, 6) is 5.36. The van der Waals surface area contributed by atoms with Gasteiger partial charge >= 0.3 is 0 Å². The third-order valence-corrected chi connectivity index (χ3v) is 3.36. The largest absolute Gasteiger partial charge is 0.313 e. The summed E-state index contributed by atoms with van der Waals surface area (Å²) in [6, 6.07) is 0. The number of hydrogen-bond acceptors (Lipinski definition) is 8. The van der Waals surface area contributed by atoms with Gasteiger partial charge in [-0.3, -0.25) is 4.90 Å². The Hall–Kier alpha value is -1.09. The highest BCUT2D eigenvalue weighted by atomic mass is 32.1. The number of hydrazine groups is 1. The van der Waals surface area contributed by atoms with E-state index in [2.05, 4.69) is 24.9 Å². The van der Waals surface area contributed by atoms with Crippen molar-refractivity contribution in [1.29, 1.82) is 0 Å². The van der Waals surface area contributed by atoms with E-state index in [4.69, 9.17) is 5.84 Å².